The van der Waals surface area contributed by atoms with Gasteiger partial charge in [0.1, 0.15) is 0 Å². The van der Waals surface area contributed by atoms with E-state index in [1.807, 2.05) is 20.8 Å². The highest BCUT2D eigenvalue weighted by Gasteiger charge is 2.18. The molecule has 0 unspecified atom stereocenters. The maximum absolute atomic E-state index is 10.1. The summed E-state index contributed by atoms with van der Waals surface area (Å²) in [7, 11) is 0. The molecule has 0 saturated heterocycles. The fourth-order valence-corrected chi connectivity index (χ4v) is 1.93. The summed E-state index contributed by atoms with van der Waals surface area (Å²) in [6.45, 7) is 7.68. The number of ether oxygens (including phenoxy) is 3. The molecule has 0 saturated carbocycles. The van der Waals surface area contributed by atoms with Gasteiger partial charge in [-0.05, 0) is 51.4 Å². The zero-order valence-corrected chi connectivity index (χ0v) is 12.5. The molecule has 0 bridgehead atoms. The van der Waals surface area contributed by atoms with E-state index in [-0.39, 0.29) is 0 Å². The van der Waals surface area contributed by atoms with Crippen LogP contribution in [0.5, 0.6) is 17.2 Å². The van der Waals surface area contributed by atoms with Crippen molar-refractivity contribution in [2.45, 2.75) is 33.3 Å². The average molecular weight is 283 g/mol. The van der Waals surface area contributed by atoms with E-state index in [0.717, 1.165) is 5.56 Å². The molecule has 0 heterocycles. The van der Waals surface area contributed by atoms with Gasteiger partial charge in [-0.1, -0.05) is 0 Å². The molecule has 114 valence electrons. The Labute approximate surface area is 120 Å². The van der Waals surface area contributed by atoms with Crippen molar-refractivity contribution < 1.29 is 19.3 Å². The van der Waals surface area contributed by atoms with Crippen molar-refractivity contribution in [3.63, 3.8) is 0 Å². The Balaban J connectivity index is 3.21. The third-order valence-corrected chi connectivity index (χ3v) is 2.76. The van der Waals surface area contributed by atoms with Gasteiger partial charge in [-0.3, -0.25) is 0 Å². The lowest BCUT2D eigenvalue weighted by Gasteiger charge is -2.19. The predicted molar refractivity (Wildman–Crippen MR) is 78.6 cm³/mol. The molecule has 0 aromatic heterocycles. The van der Waals surface area contributed by atoms with Crippen molar-refractivity contribution in [2.24, 2.45) is 5.73 Å². The van der Waals surface area contributed by atoms with E-state index in [4.69, 9.17) is 19.9 Å². The molecule has 1 atom stereocenters. The highest BCUT2D eigenvalue weighted by atomic mass is 16.5. The molecule has 0 aliphatic carbocycles. The zero-order valence-electron chi connectivity index (χ0n) is 12.5. The summed E-state index contributed by atoms with van der Waals surface area (Å²) in [5.41, 5.74) is 6.22. The molecule has 0 spiro atoms. The highest BCUT2D eigenvalue weighted by molar-refractivity contribution is 5.54. The minimum absolute atomic E-state index is 0.419. The Bertz CT molecular complexity index is 382. The molecule has 3 N–H and O–H groups in total. The third-order valence-electron chi connectivity index (χ3n) is 2.76. The van der Waals surface area contributed by atoms with Crippen molar-refractivity contribution in [3.8, 4) is 17.2 Å². The second kappa shape index (κ2) is 8.66. The molecule has 20 heavy (non-hydrogen) atoms. The number of aliphatic hydroxyl groups excluding tert-OH is 1. The lowest BCUT2D eigenvalue weighted by Crippen LogP contribution is -2.09. The monoisotopic (exact) mass is 283 g/mol. The topological polar surface area (TPSA) is 73.9 Å². The standard InChI is InChI=1S/C15H25NO4/c1-4-18-13-9-11(12(17)7-8-16)10-14(19-5-2)15(13)20-6-3/h9-10,12,17H,4-8,16H2,1-3H3/t12-/m1/s1. The SMILES string of the molecule is CCOc1cc([C@H](O)CCN)cc(OCC)c1OCC. The minimum atomic E-state index is -0.630. The first-order chi connectivity index (χ1) is 9.67. The summed E-state index contributed by atoms with van der Waals surface area (Å²) in [6, 6.07) is 3.58. The zero-order chi connectivity index (χ0) is 15.0. The summed E-state index contributed by atoms with van der Waals surface area (Å²) in [6.07, 6.45) is -0.139. The van der Waals surface area contributed by atoms with Gasteiger partial charge >= 0.3 is 0 Å². The van der Waals surface area contributed by atoms with E-state index >= 15 is 0 Å². The number of aliphatic hydroxyl groups is 1. The number of hydrogen-bond acceptors (Lipinski definition) is 5. The number of benzene rings is 1. The maximum Gasteiger partial charge on any atom is 0.203 e. The molecular weight excluding hydrogens is 258 g/mol. The summed E-state index contributed by atoms with van der Waals surface area (Å²) in [5, 5.41) is 10.1. The Morgan fingerprint density at radius 3 is 1.90 bits per heavy atom. The van der Waals surface area contributed by atoms with Crippen LogP contribution in [0.4, 0.5) is 0 Å². The van der Waals surface area contributed by atoms with Crippen LogP contribution < -0.4 is 19.9 Å². The fourth-order valence-electron chi connectivity index (χ4n) is 1.93. The third kappa shape index (κ3) is 4.28. The van der Waals surface area contributed by atoms with Gasteiger partial charge in [-0.25, -0.2) is 0 Å². The molecule has 1 aromatic carbocycles. The first kappa shape index (κ1) is 16.6. The maximum atomic E-state index is 10.1. The van der Waals surface area contributed by atoms with Crippen LogP contribution in [0.15, 0.2) is 12.1 Å². The molecule has 0 aliphatic heterocycles. The number of hydrogen-bond donors (Lipinski definition) is 2. The van der Waals surface area contributed by atoms with Gasteiger partial charge in [0.25, 0.3) is 0 Å². The smallest absolute Gasteiger partial charge is 0.203 e. The van der Waals surface area contributed by atoms with E-state index < -0.39 is 6.10 Å². The first-order valence-corrected chi connectivity index (χ1v) is 7.12. The number of rotatable bonds is 9. The molecule has 0 radical (unpaired) electrons. The van der Waals surface area contributed by atoms with Crippen molar-refractivity contribution in [2.75, 3.05) is 26.4 Å². The molecule has 5 heteroatoms. The summed E-state index contributed by atoms with van der Waals surface area (Å²) >= 11 is 0. The Morgan fingerprint density at radius 2 is 1.50 bits per heavy atom. The quantitative estimate of drug-likeness (QED) is 0.727. The van der Waals surface area contributed by atoms with Crippen molar-refractivity contribution in [1.82, 2.24) is 0 Å². The van der Waals surface area contributed by atoms with Crippen LogP contribution in [0.1, 0.15) is 38.9 Å². The van der Waals surface area contributed by atoms with Gasteiger partial charge in [-0.15, -0.1) is 0 Å². The molecular formula is C15H25NO4. The predicted octanol–water partition coefficient (Wildman–Crippen LogP) is 2.26. The molecule has 5 nitrogen and oxygen atoms in total. The first-order valence-electron chi connectivity index (χ1n) is 7.12. The normalized spacial score (nSPS) is 12.1. The molecule has 0 aliphatic rings. The minimum Gasteiger partial charge on any atom is -0.490 e. The van der Waals surface area contributed by atoms with Crippen LogP contribution in [0.25, 0.3) is 0 Å². The lowest BCUT2D eigenvalue weighted by atomic mass is 10.1. The van der Waals surface area contributed by atoms with Gasteiger partial charge in [0, 0.05) is 0 Å². The molecule has 0 amide bonds. The summed E-state index contributed by atoms with van der Waals surface area (Å²) in [4.78, 5) is 0. The van der Waals surface area contributed by atoms with Crippen LogP contribution in [0.2, 0.25) is 0 Å². The van der Waals surface area contributed by atoms with Crippen LogP contribution in [-0.2, 0) is 0 Å². The summed E-state index contributed by atoms with van der Waals surface area (Å²) < 4.78 is 16.8. The van der Waals surface area contributed by atoms with E-state index in [0.29, 0.717) is 50.0 Å². The van der Waals surface area contributed by atoms with Crippen LogP contribution in [0.3, 0.4) is 0 Å². The van der Waals surface area contributed by atoms with E-state index in [9.17, 15) is 5.11 Å². The van der Waals surface area contributed by atoms with Gasteiger partial charge in [-0.2, -0.15) is 0 Å². The Morgan fingerprint density at radius 1 is 1.00 bits per heavy atom. The van der Waals surface area contributed by atoms with Crippen molar-refractivity contribution >= 4 is 0 Å². The van der Waals surface area contributed by atoms with E-state index in [1.165, 1.54) is 0 Å². The highest BCUT2D eigenvalue weighted by Crippen LogP contribution is 2.40. The Kier molecular flexibility index (Phi) is 7.18. The number of nitrogens with two attached hydrogens (primary N) is 1. The summed E-state index contributed by atoms with van der Waals surface area (Å²) in [5.74, 6) is 1.76. The van der Waals surface area contributed by atoms with Crippen molar-refractivity contribution in [3.05, 3.63) is 17.7 Å². The van der Waals surface area contributed by atoms with Gasteiger partial charge in [0.05, 0.1) is 25.9 Å². The molecule has 0 fully saturated rings. The van der Waals surface area contributed by atoms with Gasteiger partial charge in [0.2, 0.25) is 5.75 Å². The van der Waals surface area contributed by atoms with Crippen LogP contribution in [0, 0.1) is 0 Å². The fraction of sp³-hybridized carbons (Fsp3) is 0.600. The van der Waals surface area contributed by atoms with Crippen molar-refractivity contribution in [1.29, 1.82) is 0 Å². The van der Waals surface area contributed by atoms with E-state index in [2.05, 4.69) is 0 Å². The van der Waals surface area contributed by atoms with E-state index in [1.54, 1.807) is 12.1 Å². The lowest BCUT2D eigenvalue weighted by molar-refractivity contribution is 0.168. The Hall–Kier alpha value is -1.46. The van der Waals surface area contributed by atoms with Crippen LogP contribution >= 0.6 is 0 Å². The van der Waals surface area contributed by atoms with Gasteiger partial charge in [0.15, 0.2) is 11.5 Å². The average Bonchev–Trinajstić information content (AvgIpc) is 2.43. The second-order valence-electron chi connectivity index (χ2n) is 4.24. The molecule has 1 rings (SSSR count). The van der Waals surface area contributed by atoms with Crippen LogP contribution in [-0.4, -0.2) is 31.5 Å². The second-order valence-corrected chi connectivity index (χ2v) is 4.24. The molecule has 1 aromatic rings. The van der Waals surface area contributed by atoms with Gasteiger partial charge < -0.3 is 25.1 Å². The largest absolute Gasteiger partial charge is 0.490 e.